The number of hydrogen-bond acceptors (Lipinski definition) is 4. The fourth-order valence-electron chi connectivity index (χ4n) is 1.63. The molecule has 0 aliphatic carbocycles. The average Bonchev–Trinajstić information content (AvgIpc) is 2.39. The van der Waals surface area contributed by atoms with Gasteiger partial charge in [0.05, 0.1) is 0 Å². The van der Waals surface area contributed by atoms with Crippen LogP contribution in [0.15, 0.2) is 42.6 Å². The zero-order valence-corrected chi connectivity index (χ0v) is 10.5. The first-order valence-electron chi connectivity index (χ1n) is 5.86. The third-order valence-corrected chi connectivity index (χ3v) is 2.64. The van der Waals surface area contributed by atoms with Crippen LogP contribution in [0, 0.1) is 0 Å². The Morgan fingerprint density at radius 3 is 2.53 bits per heavy atom. The Hall–Kier alpha value is -2.40. The first-order chi connectivity index (χ1) is 9.08. The smallest absolute Gasteiger partial charge is 0.248 e. The van der Waals surface area contributed by atoms with E-state index in [9.17, 15) is 4.79 Å². The van der Waals surface area contributed by atoms with Gasteiger partial charge in [-0.25, -0.2) is 4.98 Å². The Labute approximate surface area is 111 Å². The molecule has 0 radical (unpaired) electrons. The molecular formula is C14H15N3O2. The van der Waals surface area contributed by atoms with Crippen LogP contribution in [0.2, 0.25) is 0 Å². The van der Waals surface area contributed by atoms with Gasteiger partial charge >= 0.3 is 0 Å². The highest BCUT2D eigenvalue weighted by atomic mass is 16.5. The molecule has 1 amide bonds. The summed E-state index contributed by atoms with van der Waals surface area (Å²) in [7, 11) is 0. The van der Waals surface area contributed by atoms with Crippen molar-refractivity contribution in [3.63, 3.8) is 0 Å². The number of carbonyl (C=O) groups excluding carboxylic acids is 1. The molecule has 1 aromatic heterocycles. The van der Waals surface area contributed by atoms with Crippen molar-refractivity contribution in [3.8, 4) is 11.6 Å². The van der Waals surface area contributed by atoms with E-state index in [1.54, 1.807) is 30.5 Å². The van der Waals surface area contributed by atoms with Gasteiger partial charge in [-0.2, -0.15) is 0 Å². The lowest BCUT2D eigenvalue weighted by atomic mass is 10.1. The zero-order valence-electron chi connectivity index (χ0n) is 10.5. The third-order valence-electron chi connectivity index (χ3n) is 2.64. The molecule has 0 unspecified atom stereocenters. The number of carbonyl (C=O) groups is 1. The van der Waals surface area contributed by atoms with Crippen LogP contribution >= 0.6 is 0 Å². The number of amides is 1. The molecule has 2 rings (SSSR count). The normalized spacial score (nSPS) is 11.9. The third kappa shape index (κ3) is 3.08. The standard InChI is InChI=1S/C14H15N3O2/c1-9(15)12-3-2-8-17-14(12)19-11-6-4-10(5-7-11)13(16)18/h2-9H,15H2,1H3,(H2,16,18)/t9-/m0/s1. The van der Waals surface area contributed by atoms with Gasteiger partial charge in [0.1, 0.15) is 5.75 Å². The summed E-state index contributed by atoms with van der Waals surface area (Å²) in [6.45, 7) is 1.86. The molecule has 2 aromatic rings. The van der Waals surface area contributed by atoms with Crippen molar-refractivity contribution in [1.29, 1.82) is 0 Å². The van der Waals surface area contributed by atoms with Crippen molar-refractivity contribution in [3.05, 3.63) is 53.7 Å². The van der Waals surface area contributed by atoms with E-state index in [1.807, 2.05) is 19.1 Å². The first kappa shape index (κ1) is 13.0. The maximum Gasteiger partial charge on any atom is 0.248 e. The van der Waals surface area contributed by atoms with Crippen molar-refractivity contribution >= 4 is 5.91 Å². The van der Waals surface area contributed by atoms with Crippen LogP contribution in [0.5, 0.6) is 11.6 Å². The minimum atomic E-state index is -0.472. The quantitative estimate of drug-likeness (QED) is 0.876. The van der Waals surface area contributed by atoms with Gasteiger partial charge < -0.3 is 16.2 Å². The summed E-state index contributed by atoms with van der Waals surface area (Å²) in [5.74, 6) is 0.565. The highest BCUT2D eigenvalue weighted by Gasteiger charge is 2.10. The highest BCUT2D eigenvalue weighted by molar-refractivity contribution is 5.92. The molecule has 1 aromatic carbocycles. The molecule has 0 fully saturated rings. The Kier molecular flexibility index (Phi) is 3.77. The Morgan fingerprint density at radius 2 is 1.95 bits per heavy atom. The second kappa shape index (κ2) is 5.49. The molecule has 19 heavy (non-hydrogen) atoms. The van der Waals surface area contributed by atoms with E-state index in [1.165, 1.54) is 0 Å². The van der Waals surface area contributed by atoms with Crippen LogP contribution in [0.4, 0.5) is 0 Å². The predicted octanol–water partition coefficient (Wildman–Crippen LogP) is 1.99. The topological polar surface area (TPSA) is 91.2 Å². The van der Waals surface area contributed by atoms with Gasteiger partial charge in [0.25, 0.3) is 0 Å². The van der Waals surface area contributed by atoms with E-state index in [0.29, 0.717) is 17.2 Å². The van der Waals surface area contributed by atoms with Crippen LogP contribution in [0.3, 0.4) is 0 Å². The lowest BCUT2D eigenvalue weighted by Crippen LogP contribution is -2.10. The minimum absolute atomic E-state index is 0.173. The maximum atomic E-state index is 11.0. The largest absolute Gasteiger partial charge is 0.439 e. The van der Waals surface area contributed by atoms with Gasteiger partial charge in [-0.15, -0.1) is 0 Å². The van der Waals surface area contributed by atoms with E-state index in [0.717, 1.165) is 5.56 Å². The number of rotatable bonds is 4. The molecule has 0 saturated carbocycles. The van der Waals surface area contributed by atoms with Crippen LogP contribution in [-0.4, -0.2) is 10.9 Å². The molecule has 0 saturated heterocycles. The van der Waals surface area contributed by atoms with Gasteiger partial charge in [-0.05, 0) is 37.3 Å². The van der Waals surface area contributed by atoms with Crippen LogP contribution < -0.4 is 16.2 Å². The number of pyridine rings is 1. The highest BCUT2D eigenvalue weighted by Crippen LogP contribution is 2.26. The van der Waals surface area contributed by atoms with Crippen molar-refractivity contribution in [2.45, 2.75) is 13.0 Å². The van der Waals surface area contributed by atoms with Crippen molar-refractivity contribution in [2.75, 3.05) is 0 Å². The number of nitrogens with zero attached hydrogens (tertiary/aromatic N) is 1. The number of hydrogen-bond donors (Lipinski definition) is 2. The zero-order chi connectivity index (χ0) is 13.8. The van der Waals surface area contributed by atoms with Crippen LogP contribution in [0.25, 0.3) is 0 Å². The summed E-state index contributed by atoms with van der Waals surface area (Å²) in [5, 5.41) is 0. The lowest BCUT2D eigenvalue weighted by molar-refractivity contribution is 0.100. The van der Waals surface area contributed by atoms with E-state index < -0.39 is 5.91 Å². The first-order valence-corrected chi connectivity index (χ1v) is 5.86. The number of benzene rings is 1. The SMILES string of the molecule is C[C@H](N)c1cccnc1Oc1ccc(C(N)=O)cc1. The van der Waals surface area contributed by atoms with Crippen molar-refractivity contribution in [1.82, 2.24) is 4.98 Å². The summed E-state index contributed by atoms with van der Waals surface area (Å²) in [4.78, 5) is 15.1. The molecule has 4 N–H and O–H groups in total. The van der Waals surface area contributed by atoms with Crippen molar-refractivity contribution < 1.29 is 9.53 Å². The molecular weight excluding hydrogens is 242 g/mol. The van der Waals surface area contributed by atoms with E-state index in [-0.39, 0.29) is 6.04 Å². The maximum absolute atomic E-state index is 11.0. The fraction of sp³-hybridized carbons (Fsp3) is 0.143. The molecule has 5 heteroatoms. The van der Waals surface area contributed by atoms with E-state index >= 15 is 0 Å². The monoisotopic (exact) mass is 257 g/mol. The molecule has 1 atom stereocenters. The summed E-state index contributed by atoms with van der Waals surface area (Å²) < 4.78 is 5.66. The number of aromatic nitrogens is 1. The number of ether oxygens (including phenoxy) is 1. The van der Waals surface area contributed by atoms with Crippen molar-refractivity contribution in [2.24, 2.45) is 11.5 Å². The molecule has 5 nitrogen and oxygen atoms in total. The Balaban J connectivity index is 2.24. The van der Waals surface area contributed by atoms with Gasteiger partial charge in [-0.1, -0.05) is 6.07 Å². The number of primary amides is 1. The van der Waals surface area contributed by atoms with Gasteiger partial charge in [-0.3, -0.25) is 4.79 Å². The molecule has 0 bridgehead atoms. The minimum Gasteiger partial charge on any atom is -0.439 e. The number of nitrogens with two attached hydrogens (primary N) is 2. The molecule has 0 spiro atoms. The molecule has 0 aliphatic rings. The molecule has 0 aliphatic heterocycles. The second-order valence-electron chi connectivity index (χ2n) is 4.18. The summed E-state index contributed by atoms with van der Waals surface area (Å²) in [6, 6.07) is 10.0. The molecule has 1 heterocycles. The second-order valence-corrected chi connectivity index (χ2v) is 4.18. The average molecular weight is 257 g/mol. The van der Waals surface area contributed by atoms with Crippen LogP contribution in [0.1, 0.15) is 28.9 Å². The summed E-state index contributed by atoms with van der Waals surface area (Å²) in [6.07, 6.45) is 1.64. The Morgan fingerprint density at radius 1 is 1.26 bits per heavy atom. The Bertz CT molecular complexity index is 579. The van der Waals surface area contributed by atoms with E-state index in [4.69, 9.17) is 16.2 Å². The van der Waals surface area contributed by atoms with Crippen LogP contribution in [-0.2, 0) is 0 Å². The van der Waals surface area contributed by atoms with E-state index in [2.05, 4.69) is 4.98 Å². The fourth-order valence-corrected chi connectivity index (χ4v) is 1.63. The summed E-state index contributed by atoms with van der Waals surface area (Å²) >= 11 is 0. The van der Waals surface area contributed by atoms with Gasteiger partial charge in [0.2, 0.25) is 11.8 Å². The summed E-state index contributed by atoms with van der Waals surface area (Å²) in [5.41, 5.74) is 12.3. The van der Waals surface area contributed by atoms with Gasteiger partial charge in [0.15, 0.2) is 0 Å². The molecule has 98 valence electrons. The van der Waals surface area contributed by atoms with Gasteiger partial charge in [0, 0.05) is 23.4 Å². The lowest BCUT2D eigenvalue weighted by Gasteiger charge is -2.12. The predicted molar refractivity (Wildman–Crippen MR) is 71.9 cm³/mol.